The van der Waals surface area contributed by atoms with E-state index in [-0.39, 0.29) is 5.97 Å². The summed E-state index contributed by atoms with van der Waals surface area (Å²) >= 11 is 0. The molecule has 1 aliphatic rings. The summed E-state index contributed by atoms with van der Waals surface area (Å²) in [5, 5.41) is 4.32. The van der Waals surface area contributed by atoms with Crippen molar-refractivity contribution in [3.05, 3.63) is 11.6 Å². The molecule has 1 aromatic rings. The second-order valence-electron chi connectivity index (χ2n) is 4.48. The first-order valence-electron chi connectivity index (χ1n) is 6.21. The Hall–Kier alpha value is -1.39. The molecule has 0 bridgehead atoms. The number of nitrogens with zero attached hydrogens (tertiary/aromatic N) is 3. The zero-order valence-corrected chi connectivity index (χ0v) is 10.7. The van der Waals surface area contributed by atoms with Crippen LogP contribution in [-0.4, -0.2) is 27.3 Å². The number of hydrogen-bond acceptors (Lipinski definition) is 4. The van der Waals surface area contributed by atoms with E-state index in [4.69, 9.17) is 4.74 Å². The molecular formula is C12H19N3O2. The molecule has 1 aromatic heterocycles. The smallest absolute Gasteiger partial charge is 0.319 e. The van der Waals surface area contributed by atoms with Gasteiger partial charge in [-0.2, -0.15) is 5.10 Å². The number of rotatable bonds is 4. The predicted octanol–water partition coefficient (Wildman–Crippen LogP) is 1.36. The fourth-order valence-corrected chi connectivity index (χ4v) is 2.32. The first kappa shape index (κ1) is 12.1. The average molecular weight is 237 g/mol. The lowest BCUT2D eigenvalue weighted by Crippen LogP contribution is -2.45. The zero-order valence-electron chi connectivity index (χ0n) is 10.7. The molecule has 0 spiro atoms. The van der Waals surface area contributed by atoms with Crippen LogP contribution in [-0.2, 0) is 28.4 Å². The van der Waals surface area contributed by atoms with Crippen LogP contribution in [0.1, 0.15) is 44.8 Å². The highest BCUT2D eigenvalue weighted by atomic mass is 16.5. The maximum absolute atomic E-state index is 12.1. The lowest BCUT2D eigenvalue weighted by Gasteiger charge is -2.37. The van der Waals surface area contributed by atoms with Crippen molar-refractivity contribution in [1.82, 2.24) is 14.8 Å². The minimum atomic E-state index is -0.537. The fraction of sp³-hybridized carbons (Fsp3) is 0.750. The lowest BCUT2D eigenvalue weighted by molar-refractivity contribution is -0.154. The summed E-state index contributed by atoms with van der Waals surface area (Å²) < 4.78 is 6.91. The van der Waals surface area contributed by atoms with Gasteiger partial charge in [0.2, 0.25) is 0 Å². The second kappa shape index (κ2) is 4.47. The van der Waals surface area contributed by atoms with Gasteiger partial charge >= 0.3 is 5.97 Å². The molecule has 17 heavy (non-hydrogen) atoms. The molecule has 2 rings (SSSR count). The van der Waals surface area contributed by atoms with E-state index in [9.17, 15) is 4.79 Å². The lowest BCUT2D eigenvalue weighted by atomic mass is 9.68. The van der Waals surface area contributed by atoms with Crippen LogP contribution < -0.4 is 0 Å². The summed E-state index contributed by atoms with van der Waals surface area (Å²) in [4.78, 5) is 16.6. The molecule has 0 atom stereocenters. The number of aryl methyl sites for hydroxylation is 2. The maximum atomic E-state index is 12.1. The number of hydrogen-bond donors (Lipinski definition) is 0. The number of carbonyl (C=O) groups excluding carboxylic acids is 1. The van der Waals surface area contributed by atoms with Gasteiger partial charge in [0.25, 0.3) is 0 Å². The minimum absolute atomic E-state index is 0.149. The van der Waals surface area contributed by atoms with Gasteiger partial charge in [-0.3, -0.25) is 9.48 Å². The highest BCUT2D eigenvalue weighted by Gasteiger charge is 2.50. The van der Waals surface area contributed by atoms with E-state index in [1.54, 1.807) is 4.68 Å². The van der Waals surface area contributed by atoms with Gasteiger partial charge in [0.15, 0.2) is 5.82 Å². The topological polar surface area (TPSA) is 57.0 Å². The maximum Gasteiger partial charge on any atom is 0.319 e. The Morgan fingerprint density at radius 1 is 1.47 bits per heavy atom. The third-order valence-electron chi connectivity index (χ3n) is 3.42. The Morgan fingerprint density at radius 2 is 2.18 bits per heavy atom. The molecule has 1 fully saturated rings. The Morgan fingerprint density at radius 3 is 2.59 bits per heavy atom. The number of carbonyl (C=O) groups is 1. The highest BCUT2D eigenvalue weighted by molar-refractivity contribution is 5.83. The molecule has 0 aliphatic heterocycles. The van der Waals surface area contributed by atoms with Crippen LogP contribution in [0.15, 0.2) is 0 Å². The Kier molecular flexibility index (Phi) is 3.17. The third-order valence-corrected chi connectivity index (χ3v) is 3.42. The van der Waals surface area contributed by atoms with Crippen molar-refractivity contribution in [3.8, 4) is 0 Å². The van der Waals surface area contributed by atoms with Gasteiger partial charge in [-0.1, -0.05) is 13.3 Å². The van der Waals surface area contributed by atoms with Crippen LogP contribution >= 0.6 is 0 Å². The van der Waals surface area contributed by atoms with E-state index >= 15 is 0 Å². The summed E-state index contributed by atoms with van der Waals surface area (Å²) in [5.41, 5.74) is -0.537. The van der Waals surface area contributed by atoms with Crippen LogP contribution in [0.3, 0.4) is 0 Å². The summed E-state index contributed by atoms with van der Waals surface area (Å²) in [6.45, 7) is 4.26. The van der Waals surface area contributed by atoms with Crippen molar-refractivity contribution in [3.63, 3.8) is 0 Å². The monoisotopic (exact) mass is 237 g/mol. The highest BCUT2D eigenvalue weighted by Crippen LogP contribution is 2.43. The summed E-state index contributed by atoms with van der Waals surface area (Å²) in [7, 11) is 1.85. The van der Waals surface area contributed by atoms with Crippen molar-refractivity contribution >= 4 is 5.97 Å². The van der Waals surface area contributed by atoms with Crippen molar-refractivity contribution in [2.24, 2.45) is 7.05 Å². The van der Waals surface area contributed by atoms with E-state index in [1.807, 2.05) is 20.9 Å². The number of ether oxygens (including phenoxy) is 1. The van der Waals surface area contributed by atoms with Crippen LogP contribution in [0.5, 0.6) is 0 Å². The minimum Gasteiger partial charge on any atom is -0.465 e. The first-order chi connectivity index (χ1) is 8.14. The number of esters is 1. The normalized spacial score (nSPS) is 17.6. The summed E-state index contributed by atoms with van der Waals surface area (Å²) in [6, 6.07) is 0. The van der Waals surface area contributed by atoms with Crippen LogP contribution in [0.4, 0.5) is 0 Å². The quantitative estimate of drug-likeness (QED) is 0.742. The average Bonchev–Trinajstić information content (AvgIpc) is 2.60. The Bertz CT molecular complexity index is 421. The van der Waals surface area contributed by atoms with Gasteiger partial charge in [0.1, 0.15) is 11.2 Å². The van der Waals surface area contributed by atoms with E-state index in [1.165, 1.54) is 0 Å². The van der Waals surface area contributed by atoms with Crippen molar-refractivity contribution in [1.29, 1.82) is 0 Å². The molecule has 1 heterocycles. The van der Waals surface area contributed by atoms with Gasteiger partial charge in [-0.15, -0.1) is 0 Å². The molecule has 0 radical (unpaired) electrons. The molecule has 1 saturated carbocycles. The van der Waals surface area contributed by atoms with Crippen LogP contribution in [0.2, 0.25) is 0 Å². The molecule has 0 N–H and O–H groups in total. The first-order valence-corrected chi connectivity index (χ1v) is 6.21. The Labute approximate surface area is 101 Å². The third kappa shape index (κ3) is 1.83. The molecule has 0 unspecified atom stereocenters. The number of aromatic nitrogens is 3. The largest absolute Gasteiger partial charge is 0.465 e. The van der Waals surface area contributed by atoms with Crippen LogP contribution in [0.25, 0.3) is 0 Å². The Balaban J connectivity index is 2.34. The molecule has 5 heteroatoms. The predicted molar refractivity (Wildman–Crippen MR) is 62.5 cm³/mol. The van der Waals surface area contributed by atoms with Gasteiger partial charge in [0.05, 0.1) is 6.61 Å². The molecule has 94 valence electrons. The SMILES string of the molecule is CCOC(=O)C1(c2nc(CC)nn2C)CCC1. The zero-order chi connectivity index (χ0) is 12.5. The van der Waals surface area contributed by atoms with Crippen molar-refractivity contribution in [2.75, 3.05) is 6.61 Å². The molecule has 0 saturated heterocycles. The van der Waals surface area contributed by atoms with Crippen molar-refractivity contribution < 1.29 is 9.53 Å². The molecule has 1 aliphatic carbocycles. The van der Waals surface area contributed by atoms with E-state index < -0.39 is 5.41 Å². The van der Waals surface area contributed by atoms with Crippen molar-refractivity contribution in [2.45, 2.75) is 44.9 Å². The fourth-order valence-electron chi connectivity index (χ4n) is 2.32. The molecular weight excluding hydrogens is 218 g/mol. The van der Waals surface area contributed by atoms with E-state index in [0.717, 1.165) is 37.3 Å². The molecule has 0 aromatic carbocycles. The summed E-state index contributed by atoms with van der Waals surface area (Å²) in [6.07, 6.45) is 3.48. The second-order valence-corrected chi connectivity index (χ2v) is 4.48. The van der Waals surface area contributed by atoms with Gasteiger partial charge in [0, 0.05) is 13.5 Å². The van der Waals surface area contributed by atoms with Crippen LogP contribution in [0, 0.1) is 0 Å². The van der Waals surface area contributed by atoms with E-state index in [2.05, 4.69) is 10.1 Å². The standard InChI is InChI=1S/C12H19N3O2/c1-4-9-13-10(15(3)14-9)12(7-6-8-12)11(16)17-5-2/h4-8H2,1-3H3. The van der Waals surface area contributed by atoms with Gasteiger partial charge in [-0.05, 0) is 19.8 Å². The van der Waals surface area contributed by atoms with E-state index in [0.29, 0.717) is 6.61 Å². The summed E-state index contributed by atoms with van der Waals surface area (Å²) in [5.74, 6) is 1.40. The molecule has 0 amide bonds. The van der Waals surface area contributed by atoms with Gasteiger partial charge in [-0.25, -0.2) is 4.98 Å². The van der Waals surface area contributed by atoms with Gasteiger partial charge < -0.3 is 4.74 Å². The molecule has 5 nitrogen and oxygen atoms in total.